The van der Waals surface area contributed by atoms with Crippen LogP contribution in [-0.2, 0) is 6.54 Å². The highest BCUT2D eigenvalue weighted by molar-refractivity contribution is 9.10. The van der Waals surface area contributed by atoms with Gasteiger partial charge in [0.2, 0.25) is 5.88 Å². The van der Waals surface area contributed by atoms with Crippen LogP contribution in [0, 0.1) is 6.92 Å². The molecule has 0 radical (unpaired) electrons. The van der Waals surface area contributed by atoms with Crippen LogP contribution in [0.3, 0.4) is 0 Å². The third-order valence-electron chi connectivity index (χ3n) is 2.47. The Kier molecular flexibility index (Phi) is 4.87. The molecule has 0 atom stereocenters. The van der Waals surface area contributed by atoms with Crippen molar-refractivity contribution >= 4 is 15.9 Å². The number of aromatic nitrogens is 2. The Balaban J connectivity index is 2.17. The average Bonchev–Trinajstić information content (AvgIpc) is 2.35. The van der Waals surface area contributed by atoms with E-state index in [1.165, 1.54) is 0 Å². The highest BCUT2D eigenvalue weighted by Crippen LogP contribution is 2.23. The molecular weight excluding hydrogens is 306 g/mol. The molecular formula is C14H16BrN3O. The molecule has 0 fully saturated rings. The Hall–Kier alpha value is -1.46. The molecule has 2 aromatic rings. The Morgan fingerprint density at radius 3 is 2.84 bits per heavy atom. The van der Waals surface area contributed by atoms with Crippen LogP contribution < -0.4 is 10.1 Å². The summed E-state index contributed by atoms with van der Waals surface area (Å²) in [5.74, 6) is 1.26. The predicted molar refractivity (Wildman–Crippen MR) is 78.4 cm³/mol. The molecule has 0 aliphatic carbocycles. The van der Waals surface area contributed by atoms with Gasteiger partial charge in [-0.2, -0.15) is 0 Å². The number of hydrogen-bond acceptors (Lipinski definition) is 4. The first-order valence-electron chi connectivity index (χ1n) is 6.14. The Labute approximate surface area is 121 Å². The summed E-state index contributed by atoms with van der Waals surface area (Å²) in [4.78, 5) is 8.44. The number of ether oxygens (including phenoxy) is 1. The first-order valence-corrected chi connectivity index (χ1v) is 6.93. The fraction of sp³-hybridized carbons (Fsp3) is 0.286. The zero-order chi connectivity index (χ0) is 13.7. The minimum atomic E-state index is 0.591. The normalized spacial score (nSPS) is 10.5. The molecule has 4 nitrogen and oxygen atoms in total. The zero-order valence-corrected chi connectivity index (χ0v) is 12.6. The molecule has 2 rings (SSSR count). The van der Waals surface area contributed by atoms with Crippen LogP contribution in [0.4, 0.5) is 0 Å². The molecule has 2 aromatic heterocycles. The Morgan fingerprint density at radius 1 is 1.26 bits per heavy atom. The average molecular weight is 322 g/mol. The van der Waals surface area contributed by atoms with Crippen LogP contribution in [0.5, 0.6) is 11.6 Å². The third kappa shape index (κ3) is 4.29. The van der Waals surface area contributed by atoms with Gasteiger partial charge in [-0.25, -0.2) is 4.98 Å². The Bertz CT molecular complexity index is 560. The van der Waals surface area contributed by atoms with Crippen molar-refractivity contribution in [2.24, 2.45) is 0 Å². The van der Waals surface area contributed by atoms with Crippen LogP contribution in [0.25, 0.3) is 0 Å². The van der Waals surface area contributed by atoms with Crippen LogP contribution in [0.1, 0.15) is 18.2 Å². The molecule has 0 amide bonds. The van der Waals surface area contributed by atoms with Gasteiger partial charge < -0.3 is 10.1 Å². The summed E-state index contributed by atoms with van der Waals surface area (Å²) >= 11 is 3.37. The fourth-order valence-corrected chi connectivity index (χ4v) is 2.04. The molecule has 0 aliphatic heterocycles. The van der Waals surface area contributed by atoms with E-state index in [0.29, 0.717) is 11.6 Å². The maximum Gasteiger partial charge on any atom is 0.219 e. The second kappa shape index (κ2) is 6.63. The van der Waals surface area contributed by atoms with E-state index in [1.807, 2.05) is 19.1 Å². The highest BCUT2D eigenvalue weighted by Gasteiger charge is 2.03. The number of rotatable bonds is 5. The molecule has 5 heteroatoms. The van der Waals surface area contributed by atoms with Gasteiger partial charge in [0, 0.05) is 29.0 Å². The lowest BCUT2D eigenvalue weighted by atomic mass is 10.2. The summed E-state index contributed by atoms with van der Waals surface area (Å²) in [5, 5.41) is 3.29. The van der Waals surface area contributed by atoms with Gasteiger partial charge in [-0.15, -0.1) is 0 Å². The van der Waals surface area contributed by atoms with Crippen molar-refractivity contribution in [3.63, 3.8) is 0 Å². The van der Waals surface area contributed by atoms with Gasteiger partial charge in [0.25, 0.3) is 0 Å². The SMILES string of the molecule is CCNCc1cc(C)nc(Oc2cncc(Br)c2)c1. The van der Waals surface area contributed by atoms with Gasteiger partial charge in [-0.1, -0.05) is 6.92 Å². The van der Waals surface area contributed by atoms with E-state index in [-0.39, 0.29) is 0 Å². The van der Waals surface area contributed by atoms with E-state index < -0.39 is 0 Å². The van der Waals surface area contributed by atoms with Gasteiger partial charge in [-0.05, 0) is 47.1 Å². The van der Waals surface area contributed by atoms with Gasteiger partial charge >= 0.3 is 0 Å². The van der Waals surface area contributed by atoms with Crippen molar-refractivity contribution in [1.29, 1.82) is 0 Å². The van der Waals surface area contributed by atoms with Crippen molar-refractivity contribution < 1.29 is 4.74 Å². The summed E-state index contributed by atoms with van der Waals surface area (Å²) < 4.78 is 6.61. The largest absolute Gasteiger partial charge is 0.437 e. The van der Waals surface area contributed by atoms with Crippen molar-refractivity contribution in [3.8, 4) is 11.6 Å². The lowest BCUT2D eigenvalue weighted by Gasteiger charge is -2.08. The maximum absolute atomic E-state index is 5.73. The zero-order valence-electron chi connectivity index (χ0n) is 11.0. The van der Waals surface area contributed by atoms with Gasteiger partial charge in [0.1, 0.15) is 5.75 Å². The van der Waals surface area contributed by atoms with Crippen LogP contribution in [0.15, 0.2) is 35.1 Å². The van der Waals surface area contributed by atoms with Gasteiger partial charge in [0.15, 0.2) is 0 Å². The van der Waals surface area contributed by atoms with E-state index in [1.54, 1.807) is 12.4 Å². The van der Waals surface area contributed by atoms with Crippen LogP contribution in [-0.4, -0.2) is 16.5 Å². The van der Waals surface area contributed by atoms with Gasteiger partial charge in [0.05, 0.1) is 6.20 Å². The highest BCUT2D eigenvalue weighted by atomic mass is 79.9. The molecule has 1 N–H and O–H groups in total. The van der Waals surface area contributed by atoms with Crippen molar-refractivity contribution in [2.75, 3.05) is 6.54 Å². The Morgan fingerprint density at radius 2 is 2.11 bits per heavy atom. The number of nitrogens with one attached hydrogen (secondary N) is 1. The van der Waals surface area contributed by atoms with Crippen molar-refractivity contribution in [3.05, 3.63) is 46.3 Å². The van der Waals surface area contributed by atoms with Crippen LogP contribution in [0.2, 0.25) is 0 Å². The topological polar surface area (TPSA) is 47.0 Å². The van der Waals surface area contributed by atoms with Crippen molar-refractivity contribution in [2.45, 2.75) is 20.4 Å². The molecule has 2 heterocycles. The summed E-state index contributed by atoms with van der Waals surface area (Å²) in [5.41, 5.74) is 2.10. The standard InChI is InChI=1S/C14H16BrN3O/c1-3-16-7-11-4-10(2)18-14(5-11)19-13-6-12(15)8-17-9-13/h4-6,8-9,16H,3,7H2,1-2H3. The molecule has 19 heavy (non-hydrogen) atoms. The number of nitrogens with zero attached hydrogens (tertiary/aromatic N) is 2. The van der Waals surface area contributed by atoms with E-state index in [9.17, 15) is 0 Å². The van der Waals surface area contributed by atoms with Gasteiger partial charge in [-0.3, -0.25) is 4.98 Å². The first-order chi connectivity index (χ1) is 9.17. The van der Waals surface area contributed by atoms with E-state index in [4.69, 9.17) is 4.74 Å². The molecule has 0 spiro atoms. The molecule has 0 unspecified atom stereocenters. The molecule has 0 saturated heterocycles. The van der Waals surface area contributed by atoms with E-state index >= 15 is 0 Å². The summed E-state index contributed by atoms with van der Waals surface area (Å²) in [6, 6.07) is 5.85. The second-order valence-electron chi connectivity index (χ2n) is 4.18. The summed E-state index contributed by atoms with van der Waals surface area (Å²) in [6.45, 7) is 5.79. The molecule has 100 valence electrons. The minimum absolute atomic E-state index is 0.591. The molecule has 0 saturated carbocycles. The molecule has 0 aliphatic rings. The number of halogens is 1. The monoisotopic (exact) mass is 321 g/mol. The quantitative estimate of drug-likeness (QED) is 0.916. The molecule has 0 bridgehead atoms. The predicted octanol–water partition coefficient (Wildman–Crippen LogP) is 3.45. The minimum Gasteiger partial charge on any atom is -0.437 e. The lowest BCUT2D eigenvalue weighted by molar-refractivity contribution is 0.458. The second-order valence-corrected chi connectivity index (χ2v) is 5.09. The number of aryl methyl sites for hydroxylation is 1. The number of hydrogen-bond donors (Lipinski definition) is 1. The molecule has 0 aromatic carbocycles. The van der Waals surface area contributed by atoms with Crippen LogP contribution >= 0.6 is 15.9 Å². The maximum atomic E-state index is 5.73. The first kappa shape index (κ1) is 14.0. The van der Waals surface area contributed by atoms with E-state index in [0.717, 1.165) is 28.8 Å². The summed E-state index contributed by atoms with van der Waals surface area (Å²) in [7, 11) is 0. The summed E-state index contributed by atoms with van der Waals surface area (Å²) in [6.07, 6.45) is 3.38. The smallest absolute Gasteiger partial charge is 0.219 e. The lowest BCUT2D eigenvalue weighted by Crippen LogP contribution is -2.12. The van der Waals surface area contributed by atoms with Crippen molar-refractivity contribution in [1.82, 2.24) is 15.3 Å². The fourth-order valence-electron chi connectivity index (χ4n) is 1.70. The third-order valence-corrected chi connectivity index (χ3v) is 2.90. The van der Waals surface area contributed by atoms with E-state index in [2.05, 4.69) is 44.2 Å². The number of pyridine rings is 2.